The van der Waals surface area contributed by atoms with Crippen molar-refractivity contribution in [3.63, 3.8) is 0 Å². The third-order valence-electron chi connectivity index (χ3n) is 3.03. The van der Waals surface area contributed by atoms with E-state index in [9.17, 15) is 0 Å². The van der Waals surface area contributed by atoms with Gasteiger partial charge in [0.25, 0.3) is 0 Å². The second-order valence-corrected chi connectivity index (χ2v) is 4.41. The summed E-state index contributed by atoms with van der Waals surface area (Å²) in [7, 11) is 0. The molecule has 0 aromatic carbocycles. The largest absolute Gasteiger partial charge is 0.346 e. The molecule has 3 heterocycles. The number of hydrogen-bond donors (Lipinski definition) is 1. The van der Waals surface area contributed by atoms with Gasteiger partial charge in [-0.25, -0.2) is 9.97 Å². The summed E-state index contributed by atoms with van der Waals surface area (Å²) in [6.07, 6.45) is 8.52. The minimum absolute atomic E-state index is 0.876. The maximum Gasteiger partial charge on any atom is 0.141 e. The number of H-pyrrole nitrogens is 1. The Morgan fingerprint density at radius 3 is 3.06 bits per heavy atom. The summed E-state index contributed by atoms with van der Waals surface area (Å²) < 4.78 is 1.95. The highest BCUT2D eigenvalue weighted by Gasteiger charge is 2.11. The van der Waals surface area contributed by atoms with E-state index in [0.29, 0.717) is 0 Å². The van der Waals surface area contributed by atoms with Gasteiger partial charge in [-0.1, -0.05) is 6.92 Å². The van der Waals surface area contributed by atoms with Crippen LogP contribution in [0.5, 0.6) is 0 Å². The number of aromatic amines is 1. The van der Waals surface area contributed by atoms with E-state index >= 15 is 0 Å². The van der Waals surface area contributed by atoms with Gasteiger partial charge < -0.3 is 4.98 Å². The predicted octanol–water partition coefficient (Wildman–Crippen LogP) is 2.54. The van der Waals surface area contributed by atoms with E-state index < -0.39 is 0 Å². The van der Waals surface area contributed by atoms with Gasteiger partial charge in [0, 0.05) is 29.9 Å². The smallest absolute Gasteiger partial charge is 0.141 e. The zero-order chi connectivity index (χ0) is 12.5. The number of nitrogens with one attached hydrogen (secondary N) is 1. The second-order valence-electron chi connectivity index (χ2n) is 4.41. The van der Waals surface area contributed by atoms with E-state index in [2.05, 4.69) is 33.9 Å². The number of aryl methyl sites for hydroxylation is 2. The SMILES string of the molecule is CCCn1cc(-c2ncnc3[nH]cc(C)c23)cn1. The number of fused-ring (bicyclic) bond motifs is 1. The first-order valence-electron chi connectivity index (χ1n) is 6.11. The molecule has 0 spiro atoms. The summed E-state index contributed by atoms with van der Waals surface area (Å²) in [5.74, 6) is 0. The van der Waals surface area contributed by atoms with Crippen LogP contribution in [0.3, 0.4) is 0 Å². The van der Waals surface area contributed by atoms with Crippen LogP contribution < -0.4 is 0 Å². The van der Waals surface area contributed by atoms with Crippen LogP contribution in [0.1, 0.15) is 18.9 Å². The normalized spacial score (nSPS) is 11.2. The van der Waals surface area contributed by atoms with Gasteiger partial charge >= 0.3 is 0 Å². The van der Waals surface area contributed by atoms with Gasteiger partial charge in [0.05, 0.1) is 11.9 Å². The molecule has 0 unspecified atom stereocenters. The summed E-state index contributed by atoms with van der Waals surface area (Å²) in [6.45, 7) is 5.13. The third kappa shape index (κ3) is 1.68. The van der Waals surface area contributed by atoms with Crippen molar-refractivity contribution in [2.75, 3.05) is 0 Å². The lowest BCUT2D eigenvalue weighted by atomic mass is 10.1. The number of nitrogens with zero attached hydrogens (tertiary/aromatic N) is 4. The maximum atomic E-state index is 4.40. The van der Waals surface area contributed by atoms with Crippen molar-refractivity contribution < 1.29 is 0 Å². The van der Waals surface area contributed by atoms with Gasteiger partial charge in [0.15, 0.2) is 0 Å². The highest BCUT2D eigenvalue weighted by Crippen LogP contribution is 2.27. The van der Waals surface area contributed by atoms with Crippen LogP contribution in [0.15, 0.2) is 24.9 Å². The third-order valence-corrected chi connectivity index (χ3v) is 3.03. The monoisotopic (exact) mass is 241 g/mol. The van der Waals surface area contributed by atoms with E-state index in [4.69, 9.17) is 0 Å². The lowest BCUT2D eigenvalue weighted by Gasteiger charge is -1.99. The van der Waals surface area contributed by atoms with E-state index in [1.54, 1.807) is 6.33 Å². The average Bonchev–Trinajstić information content (AvgIpc) is 2.98. The molecular weight excluding hydrogens is 226 g/mol. The average molecular weight is 241 g/mol. The Hall–Kier alpha value is -2.17. The Morgan fingerprint density at radius 1 is 1.33 bits per heavy atom. The maximum absolute atomic E-state index is 4.40. The number of hydrogen-bond acceptors (Lipinski definition) is 3. The molecule has 0 radical (unpaired) electrons. The van der Waals surface area contributed by atoms with E-state index in [0.717, 1.165) is 40.8 Å². The molecule has 18 heavy (non-hydrogen) atoms. The Morgan fingerprint density at radius 2 is 2.22 bits per heavy atom. The Bertz CT molecular complexity index is 680. The summed E-state index contributed by atoms with van der Waals surface area (Å²) in [5, 5.41) is 5.43. The molecule has 5 nitrogen and oxygen atoms in total. The molecule has 0 amide bonds. The summed E-state index contributed by atoms with van der Waals surface area (Å²) in [6, 6.07) is 0. The second kappa shape index (κ2) is 4.25. The molecule has 0 aliphatic carbocycles. The first-order chi connectivity index (χ1) is 8.79. The molecule has 0 saturated heterocycles. The zero-order valence-corrected chi connectivity index (χ0v) is 10.5. The summed E-state index contributed by atoms with van der Waals surface area (Å²) in [5.41, 5.74) is 4.02. The quantitative estimate of drug-likeness (QED) is 0.766. The molecule has 3 aromatic rings. The standard InChI is InChI=1S/C13H15N5/c1-3-4-18-7-10(6-17-18)12-11-9(2)5-14-13(11)16-8-15-12/h5-8H,3-4H2,1-2H3,(H,14,15,16). The van der Waals surface area contributed by atoms with E-state index in [1.165, 1.54) is 0 Å². The first kappa shape index (κ1) is 11.0. The van der Waals surface area contributed by atoms with Crippen LogP contribution in [0.4, 0.5) is 0 Å². The van der Waals surface area contributed by atoms with E-state index in [1.807, 2.05) is 23.3 Å². The molecule has 0 fully saturated rings. The van der Waals surface area contributed by atoms with Crippen LogP contribution >= 0.6 is 0 Å². The highest BCUT2D eigenvalue weighted by atomic mass is 15.3. The van der Waals surface area contributed by atoms with Crippen LogP contribution in [0.2, 0.25) is 0 Å². The molecule has 0 aliphatic rings. The lowest BCUT2D eigenvalue weighted by molar-refractivity contribution is 0.603. The fourth-order valence-electron chi connectivity index (χ4n) is 2.17. The lowest BCUT2D eigenvalue weighted by Crippen LogP contribution is -1.95. The fourth-order valence-corrected chi connectivity index (χ4v) is 2.17. The van der Waals surface area contributed by atoms with Crippen molar-refractivity contribution >= 4 is 11.0 Å². The summed E-state index contributed by atoms with van der Waals surface area (Å²) >= 11 is 0. The molecule has 0 saturated carbocycles. The molecule has 3 rings (SSSR count). The highest BCUT2D eigenvalue weighted by molar-refractivity contribution is 5.92. The molecule has 0 atom stereocenters. The van der Waals surface area contributed by atoms with Gasteiger partial charge in [-0.2, -0.15) is 5.10 Å². The molecule has 3 aromatic heterocycles. The summed E-state index contributed by atoms with van der Waals surface area (Å²) in [4.78, 5) is 11.8. The van der Waals surface area contributed by atoms with Gasteiger partial charge in [0.2, 0.25) is 0 Å². The topological polar surface area (TPSA) is 59.4 Å². The minimum Gasteiger partial charge on any atom is -0.346 e. The van der Waals surface area contributed by atoms with E-state index in [-0.39, 0.29) is 0 Å². The van der Waals surface area contributed by atoms with Crippen molar-refractivity contribution in [1.29, 1.82) is 0 Å². The zero-order valence-electron chi connectivity index (χ0n) is 10.5. The van der Waals surface area contributed by atoms with Crippen molar-refractivity contribution in [1.82, 2.24) is 24.7 Å². The van der Waals surface area contributed by atoms with Crippen molar-refractivity contribution in [3.8, 4) is 11.3 Å². The van der Waals surface area contributed by atoms with Crippen LogP contribution in [-0.4, -0.2) is 24.7 Å². The number of aromatic nitrogens is 5. The van der Waals surface area contributed by atoms with Gasteiger partial charge in [0.1, 0.15) is 12.0 Å². The molecule has 1 N–H and O–H groups in total. The van der Waals surface area contributed by atoms with Gasteiger partial charge in [-0.15, -0.1) is 0 Å². The van der Waals surface area contributed by atoms with Gasteiger partial charge in [-0.05, 0) is 18.9 Å². The first-order valence-corrected chi connectivity index (χ1v) is 6.11. The molecule has 92 valence electrons. The minimum atomic E-state index is 0.876. The van der Waals surface area contributed by atoms with Crippen molar-refractivity contribution in [2.45, 2.75) is 26.8 Å². The van der Waals surface area contributed by atoms with Crippen LogP contribution in [-0.2, 0) is 6.54 Å². The Labute approximate surface area is 105 Å². The fraction of sp³-hybridized carbons (Fsp3) is 0.308. The van der Waals surface area contributed by atoms with Crippen LogP contribution in [0.25, 0.3) is 22.3 Å². The van der Waals surface area contributed by atoms with Gasteiger partial charge in [-0.3, -0.25) is 4.68 Å². The predicted molar refractivity (Wildman–Crippen MR) is 70.1 cm³/mol. The van der Waals surface area contributed by atoms with Crippen molar-refractivity contribution in [2.24, 2.45) is 0 Å². The van der Waals surface area contributed by atoms with Crippen molar-refractivity contribution in [3.05, 3.63) is 30.5 Å². The molecule has 0 aliphatic heterocycles. The molecular formula is C13H15N5. The Kier molecular flexibility index (Phi) is 2.59. The Balaban J connectivity index is 2.15. The number of rotatable bonds is 3. The van der Waals surface area contributed by atoms with Crippen LogP contribution in [0, 0.1) is 6.92 Å². The molecule has 5 heteroatoms. The molecule has 0 bridgehead atoms.